The van der Waals surface area contributed by atoms with Gasteiger partial charge in [-0.05, 0) is 122 Å². The van der Waals surface area contributed by atoms with Crippen molar-refractivity contribution in [2.24, 2.45) is 0 Å². The summed E-state index contributed by atoms with van der Waals surface area (Å²) in [5.74, 6) is -1.05. The molecule has 0 radical (unpaired) electrons. The van der Waals surface area contributed by atoms with E-state index in [4.69, 9.17) is 14.2 Å². The van der Waals surface area contributed by atoms with Crippen molar-refractivity contribution in [2.75, 3.05) is 13.2 Å². The first-order valence-electron chi connectivity index (χ1n) is 26.7. The minimum atomic E-state index is -0.837. The minimum absolute atomic E-state index is 0.125. The largest absolute Gasteiger partial charge is 0.462 e. The molecule has 6 nitrogen and oxygen atoms in total. The molecule has 0 unspecified atom stereocenters. The highest BCUT2D eigenvalue weighted by Crippen LogP contribution is 2.12. The van der Waals surface area contributed by atoms with E-state index in [1.54, 1.807) is 0 Å². The van der Waals surface area contributed by atoms with E-state index in [1.807, 2.05) is 12.2 Å². The predicted molar refractivity (Wildman–Crippen MR) is 288 cm³/mol. The molecule has 0 rings (SSSR count). The van der Waals surface area contributed by atoms with Gasteiger partial charge >= 0.3 is 17.9 Å². The lowest BCUT2D eigenvalue weighted by Crippen LogP contribution is -2.30. The van der Waals surface area contributed by atoms with Crippen molar-refractivity contribution in [1.29, 1.82) is 0 Å². The average Bonchev–Trinajstić information content (AvgIpc) is 3.33. The molecule has 0 saturated heterocycles. The van der Waals surface area contributed by atoms with Crippen LogP contribution in [0.5, 0.6) is 0 Å². The van der Waals surface area contributed by atoms with E-state index in [1.165, 1.54) is 38.5 Å². The van der Waals surface area contributed by atoms with Gasteiger partial charge in [0.05, 0.1) is 0 Å². The van der Waals surface area contributed by atoms with E-state index in [9.17, 15) is 14.4 Å². The van der Waals surface area contributed by atoms with Crippen molar-refractivity contribution in [3.8, 4) is 0 Å². The molecular formula is C61H96O6. The van der Waals surface area contributed by atoms with Gasteiger partial charge in [-0.15, -0.1) is 0 Å². The maximum absolute atomic E-state index is 12.8. The Morgan fingerprint density at radius 3 is 0.985 bits per heavy atom. The zero-order chi connectivity index (χ0) is 48.6. The molecule has 0 bridgehead atoms. The number of rotatable bonds is 46. The molecule has 0 saturated carbocycles. The molecule has 67 heavy (non-hydrogen) atoms. The molecule has 376 valence electrons. The molecule has 0 aliphatic heterocycles. The fourth-order valence-electron chi connectivity index (χ4n) is 6.69. The van der Waals surface area contributed by atoms with Crippen LogP contribution in [-0.2, 0) is 28.6 Å². The molecule has 0 spiro atoms. The van der Waals surface area contributed by atoms with E-state index in [2.05, 4.69) is 142 Å². The molecule has 0 aromatic carbocycles. The normalized spacial score (nSPS) is 13.2. The first-order chi connectivity index (χ1) is 33.0. The van der Waals surface area contributed by atoms with Crippen molar-refractivity contribution in [2.45, 2.75) is 219 Å². The fraction of sp³-hybridized carbons (Fsp3) is 0.590. The maximum Gasteiger partial charge on any atom is 0.306 e. The summed E-state index contributed by atoms with van der Waals surface area (Å²) in [5.41, 5.74) is 0. The number of allylic oxidation sites excluding steroid dienone is 22. The number of carbonyl (C=O) groups is 3. The smallest absolute Gasteiger partial charge is 0.306 e. The molecule has 0 fully saturated rings. The molecule has 0 heterocycles. The van der Waals surface area contributed by atoms with Crippen LogP contribution in [0.4, 0.5) is 0 Å². The first kappa shape index (κ1) is 62.5. The molecule has 0 N–H and O–H groups in total. The Bertz CT molecular complexity index is 1480. The van der Waals surface area contributed by atoms with Crippen LogP contribution in [0.1, 0.15) is 213 Å². The molecule has 0 aromatic rings. The monoisotopic (exact) mass is 925 g/mol. The Morgan fingerprint density at radius 2 is 0.612 bits per heavy atom. The lowest BCUT2D eigenvalue weighted by atomic mass is 10.1. The summed E-state index contributed by atoms with van der Waals surface area (Å²) in [6.07, 6.45) is 75.9. The Kier molecular flexibility index (Phi) is 50.6. The Labute approximate surface area is 411 Å². The fourth-order valence-corrected chi connectivity index (χ4v) is 6.69. The van der Waals surface area contributed by atoms with E-state index < -0.39 is 12.1 Å². The number of hydrogen-bond donors (Lipinski definition) is 0. The summed E-state index contributed by atoms with van der Waals surface area (Å²) in [4.78, 5) is 38.0. The average molecular weight is 925 g/mol. The second-order valence-electron chi connectivity index (χ2n) is 17.0. The van der Waals surface area contributed by atoms with Gasteiger partial charge in [-0.2, -0.15) is 0 Å². The van der Waals surface area contributed by atoms with Gasteiger partial charge in [-0.25, -0.2) is 0 Å². The van der Waals surface area contributed by atoms with E-state index in [0.717, 1.165) is 128 Å². The zero-order valence-corrected chi connectivity index (χ0v) is 42.9. The lowest BCUT2D eigenvalue weighted by molar-refractivity contribution is -0.166. The standard InChI is InChI=1S/C61H96O6/c1-4-7-10-13-16-19-22-25-27-29-30-32-34-37-40-43-46-49-52-55-61(64)67-58(56-65-59(62)53-50-47-44-41-38-35-24-21-18-15-12-9-6-3)57-66-60(63)54-51-48-45-42-39-36-33-31-28-26-23-20-17-14-11-8-5-2/h7-8,10-11,16-17,19-21,24-28,30,32-33,36-37,40,46,49,58H,4-6,9,12-15,18,22-23,29,31,34-35,38-39,41-45,47-48,50-57H2,1-3H3/b10-7-,11-8-,19-16-,20-17-,24-21-,27-25-,28-26-,32-30-,36-33-,40-37-,49-46-/t58-/m0/s1. The van der Waals surface area contributed by atoms with Gasteiger partial charge in [0.15, 0.2) is 6.10 Å². The van der Waals surface area contributed by atoms with Crippen LogP contribution in [0.25, 0.3) is 0 Å². The van der Waals surface area contributed by atoms with Crippen molar-refractivity contribution in [1.82, 2.24) is 0 Å². The van der Waals surface area contributed by atoms with E-state index in [0.29, 0.717) is 19.3 Å². The van der Waals surface area contributed by atoms with Gasteiger partial charge in [-0.1, -0.05) is 206 Å². The lowest BCUT2D eigenvalue weighted by Gasteiger charge is -2.18. The third kappa shape index (κ3) is 52.4. The summed E-state index contributed by atoms with van der Waals surface area (Å²) in [7, 11) is 0. The second kappa shape index (κ2) is 54.2. The summed E-state index contributed by atoms with van der Waals surface area (Å²) < 4.78 is 16.7. The molecule has 0 aromatic heterocycles. The van der Waals surface area contributed by atoms with Gasteiger partial charge in [0, 0.05) is 19.3 Å². The van der Waals surface area contributed by atoms with E-state index in [-0.39, 0.29) is 31.6 Å². The quantitative estimate of drug-likeness (QED) is 0.0262. The Morgan fingerprint density at radius 1 is 0.313 bits per heavy atom. The number of carbonyl (C=O) groups excluding carboxylic acids is 3. The van der Waals surface area contributed by atoms with Crippen LogP contribution in [-0.4, -0.2) is 37.2 Å². The number of unbranched alkanes of at least 4 members (excludes halogenated alkanes) is 13. The summed E-state index contributed by atoms with van der Waals surface area (Å²) in [6.45, 7) is 6.29. The molecule has 0 aliphatic carbocycles. The maximum atomic E-state index is 12.8. The minimum Gasteiger partial charge on any atom is -0.462 e. The third-order valence-corrected chi connectivity index (χ3v) is 10.6. The summed E-state index contributed by atoms with van der Waals surface area (Å²) >= 11 is 0. The van der Waals surface area contributed by atoms with Crippen molar-refractivity contribution >= 4 is 17.9 Å². The highest BCUT2D eigenvalue weighted by Gasteiger charge is 2.19. The van der Waals surface area contributed by atoms with Crippen LogP contribution in [0.3, 0.4) is 0 Å². The van der Waals surface area contributed by atoms with Crippen LogP contribution >= 0.6 is 0 Å². The SMILES string of the molecule is CC/C=C\C/C=C\C/C=C\C/C=C\C/C=C\C/C=C\CCC(=O)O[C@H](COC(=O)CCCCCC/C=C\C/C=C\C/C=C\C/C=C\CC)COC(=O)CCCCCCC/C=C\CCCCCC. The molecular weight excluding hydrogens is 829 g/mol. The van der Waals surface area contributed by atoms with Crippen molar-refractivity contribution < 1.29 is 28.6 Å². The number of hydrogen-bond acceptors (Lipinski definition) is 6. The van der Waals surface area contributed by atoms with Gasteiger partial charge in [0.25, 0.3) is 0 Å². The Hall–Kier alpha value is -4.45. The second-order valence-corrected chi connectivity index (χ2v) is 17.0. The summed E-state index contributed by atoms with van der Waals surface area (Å²) in [6, 6.07) is 0. The number of esters is 3. The summed E-state index contributed by atoms with van der Waals surface area (Å²) in [5, 5.41) is 0. The van der Waals surface area contributed by atoms with Crippen LogP contribution in [0, 0.1) is 0 Å². The van der Waals surface area contributed by atoms with Gasteiger partial charge in [0.1, 0.15) is 13.2 Å². The van der Waals surface area contributed by atoms with Crippen LogP contribution in [0.2, 0.25) is 0 Å². The first-order valence-corrected chi connectivity index (χ1v) is 26.7. The zero-order valence-electron chi connectivity index (χ0n) is 42.9. The topological polar surface area (TPSA) is 78.9 Å². The van der Waals surface area contributed by atoms with Gasteiger partial charge in [-0.3, -0.25) is 14.4 Å². The molecule has 1 atom stereocenters. The van der Waals surface area contributed by atoms with E-state index >= 15 is 0 Å². The highest BCUT2D eigenvalue weighted by atomic mass is 16.6. The van der Waals surface area contributed by atoms with Crippen LogP contribution < -0.4 is 0 Å². The molecule has 6 heteroatoms. The Balaban J connectivity index is 4.59. The van der Waals surface area contributed by atoms with Gasteiger partial charge in [0.2, 0.25) is 0 Å². The number of ether oxygens (including phenoxy) is 3. The van der Waals surface area contributed by atoms with Crippen molar-refractivity contribution in [3.05, 3.63) is 134 Å². The highest BCUT2D eigenvalue weighted by molar-refractivity contribution is 5.71. The van der Waals surface area contributed by atoms with Crippen molar-refractivity contribution in [3.63, 3.8) is 0 Å². The molecule has 0 amide bonds. The third-order valence-electron chi connectivity index (χ3n) is 10.6. The molecule has 0 aliphatic rings. The predicted octanol–water partition coefficient (Wildman–Crippen LogP) is 17.9. The van der Waals surface area contributed by atoms with Crippen LogP contribution in [0.15, 0.2) is 134 Å². The van der Waals surface area contributed by atoms with Gasteiger partial charge < -0.3 is 14.2 Å².